The van der Waals surface area contributed by atoms with Crippen molar-refractivity contribution in [3.8, 4) is 11.5 Å². The van der Waals surface area contributed by atoms with Gasteiger partial charge in [0.25, 0.3) is 11.8 Å². The van der Waals surface area contributed by atoms with Crippen LogP contribution < -0.4 is 14.8 Å². The number of methoxy groups -OCH3 is 1. The normalized spacial score (nSPS) is 17.0. The minimum Gasteiger partial charge on any atom is -0.493 e. The van der Waals surface area contributed by atoms with E-state index in [1.807, 2.05) is 24.3 Å². The summed E-state index contributed by atoms with van der Waals surface area (Å²) in [6.07, 6.45) is 1.52. The molecule has 2 aromatic carbocycles. The molecular weight excluding hydrogens is 400 g/mol. The van der Waals surface area contributed by atoms with Crippen LogP contribution in [-0.4, -0.2) is 68.7 Å². The molecule has 0 spiro atoms. The fraction of sp³-hybridized carbons (Fsp3) is 0.273. The van der Waals surface area contributed by atoms with Crippen molar-refractivity contribution in [2.24, 2.45) is 10.2 Å². The highest BCUT2D eigenvalue weighted by atomic mass is 16.5. The Morgan fingerprint density at radius 3 is 2.81 bits per heavy atom. The molecule has 4 rings (SSSR count). The van der Waals surface area contributed by atoms with Crippen molar-refractivity contribution in [1.29, 1.82) is 0 Å². The van der Waals surface area contributed by atoms with E-state index in [9.17, 15) is 9.59 Å². The maximum atomic E-state index is 12.3. The van der Waals surface area contributed by atoms with E-state index < -0.39 is 0 Å². The van der Waals surface area contributed by atoms with Gasteiger partial charge in [-0.3, -0.25) is 9.59 Å². The number of morpholine rings is 1. The van der Waals surface area contributed by atoms with Crippen molar-refractivity contribution in [1.82, 2.24) is 4.90 Å². The van der Waals surface area contributed by atoms with Gasteiger partial charge in [0.2, 0.25) is 0 Å². The average Bonchev–Trinajstić information content (AvgIpc) is 3.13. The largest absolute Gasteiger partial charge is 0.493 e. The van der Waals surface area contributed by atoms with E-state index in [0.29, 0.717) is 43.4 Å². The van der Waals surface area contributed by atoms with E-state index in [1.54, 1.807) is 23.1 Å². The number of amides is 2. The second-order valence-corrected chi connectivity index (χ2v) is 6.89. The molecule has 2 aromatic rings. The number of carbonyl (C=O) groups excluding carboxylic acids is 2. The van der Waals surface area contributed by atoms with Crippen LogP contribution in [0.1, 0.15) is 11.1 Å². The van der Waals surface area contributed by atoms with Gasteiger partial charge in [-0.15, -0.1) is 5.10 Å². The zero-order valence-electron chi connectivity index (χ0n) is 17.0. The Kier molecular flexibility index (Phi) is 6.23. The van der Waals surface area contributed by atoms with Gasteiger partial charge in [-0.1, -0.05) is 18.2 Å². The Morgan fingerprint density at radius 1 is 1.19 bits per heavy atom. The first-order valence-corrected chi connectivity index (χ1v) is 9.84. The highest BCUT2D eigenvalue weighted by Gasteiger charge is 2.25. The zero-order valence-corrected chi connectivity index (χ0v) is 17.0. The van der Waals surface area contributed by atoms with Gasteiger partial charge in [-0.2, -0.15) is 5.10 Å². The summed E-state index contributed by atoms with van der Waals surface area (Å²) < 4.78 is 16.3. The van der Waals surface area contributed by atoms with Crippen molar-refractivity contribution >= 4 is 29.4 Å². The van der Waals surface area contributed by atoms with Crippen LogP contribution in [0.2, 0.25) is 0 Å². The second kappa shape index (κ2) is 9.40. The fourth-order valence-electron chi connectivity index (χ4n) is 3.28. The van der Waals surface area contributed by atoms with Crippen LogP contribution >= 0.6 is 0 Å². The fourth-order valence-corrected chi connectivity index (χ4v) is 3.28. The molecule has 0 saturated carbocycles. The van der Waals surface area contributed by atoms with Crippen LogP contribution in [-0.2, 0) is 14.3 Å². The number of carbonyl (C=O) groups is 2. The maximum Gasteiger partial charge on any atom is 0.276 e. The third-order valence-electron chi connectivity index (χ3n) is 4.91. The van der Waals surface area contributed by atoms with E-state index in [0.717, 1.165) is 11.3 Å². The molecular formula is C22H22N4O5. The van der Waals surface area contributed by atoms with Crippen LogP contribution in [0.25, 0.3) is 0 Å². The molecule has 0 radical (unpaired) electrons. The van der Waals surface area contributed by atoms with Gasteiger partial charge in [-0.25, -0.2) is 0 Å². The van der Waals surface area contributed by atoms with Gasteiger partial charge in [0.1, 0.15) is 0 Å². The van der Waals surface area contributed by atoms with E-state index in [2.05, 4.69) is 15.5 Å². The molecule has 1 N–H and O–H groups in total. The molecule has 0 aromatic heterocycles. The van der Waals surface area contributed by atoms with Crippen molar-refractivity contribution in [2.45, 2.75) is 0 Å². The summed E-state index contributed by atoms with van der Waals surface area (Å²) in [6, 6.07) is 12.5. The average molecular weight is 422 g/mol. The molecule has 0 atom stereocenters. The minimum absolute atomic E-state index is 0.0774. The molecule has 9 heteroatoms. The van der Waals surface area contributed by atoms with Gasteiger partial charge in [0.05, 0.1) is 32.2 Å². The first-order valence-electron chi connectivity index (χ1n) is 9.84. The number of hydrogen-bond acceptors (Lipinski definition) is 7. The van der Waals surface area contributed by atoms with Crippen molar-refractivity contribution in [2.75, 3.05) is 45.3 Å². The highest BCUT2D eigenvalue weighted by molar-refractivity contribution is 6.53. The summed E-state index contributed by atoms with van der Waals surface area (Å²) in [4.78, 5) is 26.0. The molecule has 0 bridgehead atoms. The van der Waals surface area contributed by atoms with Crippen molar-refractivity contribution in [3.63, 3.8) is 0 Å². The summed E-state index contributed by atoms with van der Waals surface area (Å²) in [7, 11) is 1.52. The number of benzene rings is 2. The van der Waals surface area contributed by atoms with Crippen molar-refractivity contribution in [3.05, 3.63) is 53.6 Å². The molecule has 9 nitrogen and oxygen atoms in total. The number of anilines is 1. The lowest BCUT2D eigenvalue weighted by molar-refractivity contribution is -0.137. The second-order valence-electron chi connectivity index (χ2n) is 6.89. The Morgan fingerprint density at radius 2 is 2.00 bits per heavy atom. The summed E-state index contributed by atoms with van der Waals surface area (Å²) in [5.41, 5.74) is 2.41. The van der Waals surface area contributed by atoms with Gasteiger partial charge < -0.3 is 24.4 Å². The van der Waals surface area contributed by atoms with Crippen LogP contribution in [0.5, 0.6) is 11.5 Å². The van der Waals surface area contributed by atoms with Crippen LogP contribution in [0.15, 0.2) is 52.7 Å². The third-order valence-corrected chi connectivity index (χ3v) is 4.91. The molecule has 1 fully saturated rings. The molecule has 31 heavy (non-hydrogen) atoms. The quantitative estimate of drug-likeness (QED) is 0.564. The first-order chi connectivity index (χ1) is 15.2. The minimum atomic E-state index is -0.287. The Bertz CT molecular complexity index is 1040. The van der Waals surface area contributed by atoms with Crippen LogP contribution in [0, 0.1) is 0 Å². The first kappa shape index (κ1) is 20.5. The van der Waals surface area contributed by atoms with Crippen LogP contribution in [0.3, 0.4) is 0 Å². The highest BCUT2D eigenvalue weighted by Crippen LogP contribution is 2.28. The van der Waals surface area contributed by atoms with Gasteiger partial charge in [-0.05, 0) is 29.8 Å². The number of nitrogens with one attached hydrogen (secondary N) is 1. The monoisotopic (exact) mass is 422 g/mol. The lowest BCUT2D eigenvalue weighted by atomic mass is 10.1. The zero-order chi connectivity index (χ0) is 21.6. The Labute approximate surface area is 179 Å². The molecule has 2 heterocycles. The third kappa shape index (κ3) is 4.72. The van der Waals surface area contributed by atoms with Crippen LogP contribution in [0.4, 0.5) is 5.69 Å². The standard InChI is InChI=1S/C22H22N4O5/c1-29-19-12-15(6-7-18(19)31-14-20(27)26-8-10-30-11-9-26)13-23-25-21-16-4-2-3-5-17(16)24-22(21)28/h2-7,12-13H,8-11,14H2,1H3,(H,24,25,28)/b23-13+. The number of fused-ring (bicyclic) bond motifs is 1. The number of nitrogens with zero attached hydrogens (tertiary/aromatic N) is 3. The topological polar surface area (TPSA) is 102 Å². The summed E-state index contributed by atoms with van der Waals surface area (Å²) in [5.74, 6) is 0.540. The van der Waals surface area contributed by atoms with Gasteiger partial charge in [0, 0.05) is 18.7 Å². The van der Waals surface area contributed by atoms with Crippen molar-refractivity contribution < 1.29 is 23.8 Å². The smallest absolute Gasteiger partial charge is 0.276 e. The van der Waals surface area contributed by atoms with Gasteiger partial charge in [0.15, 0.2) is 23.8 Å². The Hall–Kier alpha value is -3.72. The maximum absolute atomic E-state index is 12.3. The Balaban J connectivity index is 1.42. The SMILES string of the molecule is COc1cc(/C=N/N=C2/C(=O)Nc3ccccc32)ccc1OCC(=O)N1CCOCC1. The lowest BCUT2D eigenvalue weighted by Crippen LogP contribution is -2.43. The predicted octanol–water partition coefficient (Wildman–Crippen LogP) is 1.71. The summed E-state index contributed by atoms with van der Waals surface area (Å²) in [5, 5.41) is 10.9. The molecule has 2 aliphatic heterocycles. The van der Waals surface area contributed by atoms with Gasteiger partial charge >= 0.3 is 0 Å². The molecule has 1 saturated heterocycles. The number of hydrogen-bond donors (Lipinski definition) is 1. The molecule has 0 aliphatic carbocycles. The van der Waals surface area contributed by atoms with E-state index in [4.69, 9.17) is 14.2 Å². The summed E-state index contributed by atoms with van der Waals surface area (Å²) in [6.45, 7) is 2.15. The molecule has 2 amide bonds. The lowest BCUT2D eigenvalue weighted by Gasteiger charge is -2.26. The summed E-state index contributed by atoms with van der Waals surface area (Å²) >= 11 is 0. The van der Waals surface area contributed by atoms with E-state index in [-0.39, 0.29) is 24.1 Å². The predicted molar refractivity (Wildman–Crippen MR) is 115 cm³/mol. The van der Waals surface area contributed by atoms with E-state index >= 15 is 0 Å². The molecule has 0 unspecified atom stereocenters. The molecule has 2 aliphatic rings. The molecule has 160 valence electrons. The van der Waals surface area contributed by atoms with E-state index in [1.165, 1.54) is 13.3 Å². The number of para-hydroxylation sites is 1. The number of ether oxygens (including phenoxy) is 3. The number of rotatable bonds is 6.